The quantitative estimate of drug-likeness (QED) is 0.158. The first-order chi connectivity index (χ1) is 16.7. The molecule has 0 amide bonds. The number of fused-ring (bicyclic) bond motifs is 6. The average Bonchev–Trinajstić information content (AvgIpc) is 3.36. The molecule has 0 aromatic heterocycles. The van der Waals surface area contributed by atoms with Crippen molar-refractivity contribution in [3.63, 3.8) is 0 Å². The van der Waals surface area contributed by atoms with E-state index in [1.165, 1.54) is 43.7 Å². The predicted octanol–water partition coefficient (Wildman–Crippen LogP) is 9.79. The van der Waals surface area contributed by atoms with Crippen LogP contribution in [0.15, 0.2) is 109 Å². The number of rotatable bonds is 2. The topological polar surface area (TPSA) is 0 Å². The summed E-state index contributed by atoms with van der Waals surface area (Å²) in [6.45, 7) is 0. The van der Waals surface area contributed by atoms with Crippen molar-refractivity contribution in [2.24, 2.45) is 0 Å². The summed E-state index contributed by atoms with van der Waals surface area (Å²) in [7, 11) is 0. The molecule has 0 saturated carbocycles. The van der Waals surface area contributed by atoms with E-state index in [2.05, 4.69) is 103 Å². The van der Waals surface area contributed by atoms with Crippen LogP contribution in [-0.2, 0) is 0 Å². The first-order valence-electron chi connectivity index (χ1n) is 11.0. The molecule has 2 heterocycles. The molecule has 0 unspecified atom stereocenters. The normalized spacial score (nSPS) is 15.0. The van der Waals surface area contributed by atoms with Gasteiger partial charge in [0.1, 0.15) is 0 Å². The van der Waals surface area contributed by atoms with Crippen LogP contribution in [0.3, 0.4) is 0 Å². The van der Waals surface area contributed by atoms with Crippen LogP contribution in [-0.4, -0.2) is 0 Å². The number of benzene rings is 5. The van der Waals surface area contributed by atoms with Crippen LogP contribution in [0.5, 0.6) is 0 Å². The van der Waals surface area contributed by atoms with Gasteiger partial charge in [0.15, 0.2) is 0 Å². The Morgan fingerprint density at radius 2 is 0.824 bits per heavy atom. The van der Waals surface area contributed by atoms with Gasteiger partial charge in [-0.05, 0) is 0 Å². The Morgan fingerprint density at radius 3 is 1.35 bits per heavy atom. The van der Waals surface area contributed by atoms with Gasteiger partial charge in [-0.25, -0.2) is 0 Å². The van der Waals surface area contributed by atoms with Crippen molar-refractivity contribution in [1.29, 1.82) is 0 Å². The molecule has 0 atom stereocenters. The summed E-state index contributed by atoms with van der Waals surface area (Å²) in [5.41, 5.74) is 5.43. The number of halogens is 4. The van der Waals surface area contributed by atoms with Gasteiger partial charge in [0.2, 0.25) is 0 Å². The maximum atomic E-state index is 6.87. The predicted molar refractivity (Wildman–Crippen MR) is 160 cm³/mol. The first-order valence-corrected chi connectivity index (χ1v) is 18.2. The summed E-state index contributed by atoms with van der Waals surface area (Å²) in [6.07, 6.45) is 0. The van der Waals surface area contributed by atoms with Gasteiger partial charge in [-0.1, -0.05) is 0 Å². The molecule has 2 aliphatic rings. The average molecular weight is 703 g/mol. The van der Waals surface area contributed by atoms with E-state index in [0.29, 0.717) is 0 Å². The molecule has 34 heavy (non-hydrogen) atoms. The molecule has 0 aliphatic carbocycles. The second kappa shape index (κ2) is 8.37. The Hall–Kier alpha value is -1.86. The summed E-state index contributed by atoms with van der Waals surface area (Å²) < 4.78 is 8.82. The van der Waals surface area contributed by atoms with Crippen molar-refractivity contribution in [1.82, 2.24) is 0 Å². The van der Waals surface area contributed by atoms with E-state index < -0.39 is 39.6 Å². The van der Waals surface area contributed by atoms with Gasteiger partial charge in [-0.2, -0.15) is 0 Å². The van der Waals surface area contributed by atoms with Crippen molar-refractivity contribution in [3.05, 3.63) is 141 Å². The molecule has 0 nitrogen and oxygen atoms in total. The third kappa shape index (κ3) is 3.29. The second-order valence-electron chi connectivity index (χ2n) is 8.22. The third-order valence-electron chi connectivity index (χ3n) is 6.21. The fourth-order valence-electron chi connectivity index (χ4n) is 4.83. The van der Waals surface area contributed by atoms with Gasteiger partial charge >= 0.3 is 226 Å². The number of hydrogen-bond donors (Lipinski definition) is 0. The summed E-state index contributed by atoms with van der Waals surface area (Å²) in [5, 5.41) is 1.65. The van der Waals surface area contributed by atoms with Gasteiger partial charge in [0.25, 0.3) is 0 Å². The Bertz CT molecular complexity index is 1560. The molecular formula is C30H18Cl2I2. The molecule has 4 heteroatoms. The van der Waals surface area contributed by atoms with E-state index in [1.54, 1.807) is 0 Å². The van der Waals surface area contributed by atoms with E-state index >= 15 is 0 Å². The molecule has 0 saturated heterocycles. The molecule has 0 N–H and O–H groups in total. The van der Waals surface area contributed by atoms with E-state index in [4.69, 9.17) is 23.2 Å². The van der Waals surface area contributed by atoms with Crippen molar-refractivity contribution >= 4 is 62.8 Å². The van der Waals surface area contributed by atoms with Crippen LogP contribution in [0, 0.1) is 21.4 Å². The molecule has 2 aliphatic heterocycles. The minimum absolute atomic E-state index is 0.797. The van der Waals surface area contributed by atoms with E-state index in [9.17, 15) is 0 Å². The molecule has 5 aromatic carbocycles. The van der Waals surface area contributed by atoms with Crippen LogP contribution >= 0.6 is 62.8 Å². The summed E-state index contributed by atoms with van der Waals surface area (Å²) in [5.74, 6) is 0. The molecule has 0 radical (unpaired) electrons. The van der Waals surface area contributed by atoms with Crippen molar-refractivity contribution < 1.29 is 0 Å². The van der Waals surface area contributed by atoms with Crippen molar-refractivity contribution in [3.8, 4) is 22.3 Å². The zero-order valence-electron chi connectivity index (χ0n) is 17.9. The molecule has 0 fully saturated rings. The standard InChI is InChI=1S/C30H18Cl2I2/c31-19-13-14-30-26(17-19)25-9-3-6-12-29(25)34(30)22-16-20(32)15-21(18-22)33-27-10-4-1-7-23(27)24-8-2-5-11-28(24)33/h1-18H. The van der Waals surface area contributed by atoms with Crippen LogP contribution in [0.25, 0.3) is 22.3 Å². The molecule has 7 rings (SSSR count). The first kappa shape index (κ1) is 21.4. The van der Waals surface area contributed by atoms with E-state index in [-0.39, 0.29) is 0 Å². The zero-order valence-corrected chi connectivity index (χ0v) is 23.7. The summed E-state index contributed by atoms with van der Waals surface area (Å²) in [4.78, 5) is 0. The Kier molecular flexibility index (Phi) is 5.27. The van der Waals surface area contributed by atoms with Gasteiger partial charge in [0.05, 0.1) is 0 Å². The van der Waals surface area contributed by atoms with Crippen LogP contribution in [0.4, 0.5) is 0 Å². The Labute approximate surface area is 223 Å². The fourth-order valence-corrected chi connectivity index (χ4v) is 19.1. The maximum absolute atomic E-state index is 6.87. The van der Waals surface area contributed by atoms with Gasteiger partial charge in [0, 0.05) is 0 Å². The molecule has 166 valence electrons. The Balaban J connectivity index is 1.44. The van der Waals surface area contributed by atoms with Gasteiger partial charge < -0.3 is 0 Å². The van der Waals surface area contributed by atoms with Crippen LogP contribution in [0.2, 0.25) is 10.0 Å². The molecule has 0 spiro atoms. The number of hydrogen-bond acceptors (Lipinski definition) is 0. The van der Waals surface area contributed by atoms with E-state index in [0.717, 1.165) is 10.0 Å². The van der Waals surface area contributed by atoms with Crippen molar-refractivity contribution in [2.75, 3.05) is 0 Å². The monoisotopic (exact) mass is 702 g/mol. The SMILES string of the molecule is Clc1cc(I2c3ccccc3-c3ccccc32)cc(I2c3ccccc3-c3cc(Cl)ccc32)c1. The zero-order chi connectivity index (χ0) is 22.8. The summed E-state index contributed by atoms with van der Waals surface area (Å²) in [6, 6.07) is 40.2. The van der Waals surface area contributed by atoms with Gasteiger partial charge in [-0.3, -0.25) is 0 Å². The third-order valence-corrected chi connectivity index (χ3v) is 18.8. The Morgan fingerprint density at radius 1 is 0.382 bits per heavy atom. The van der Waals surface area contributed by atoms with Crippen molar-refractivity contribution in [2.45, 2.75) is 0 Å². The molecule has 5 aromatic rings. The fraction of sp³-hybridized carbons (Fsp3) is 0. The molecular weight excluding hydrogens is 685 g/mol. The molecule has 0 bridgehead atoms. The van der Waals surface area contributed by atoms with E-state index in [1.807, 2.05) is 6.07 Å². The van der Waals surface area contributed by atoms with Crippen LogP contribution in [0.1, 0.15) is 0 Å². The van der Waals surface area contributed by atoms with Crippen LogP contribution < -0.4 is 0 Å². The summed E-state index contributed by atoms with van der Waals surface area (Å²) >= 11 is 9.59. The second-order valence-corrected chi connectivity index (χ2v) is 19.5. The minimum atomic E-state index is -1.88. The van der Waals surface area contributed by atoms with Gasteiger partial charge in [-0.15, -0.1) is 0 Å².